The van der Waals surface area contributed by atoms with Crippen LogP contribution in [-0.2, 0) is 6.54 Å². The second-order valence-corrected chi connectivity index (χ2v) is 8.73. The van der Waals surface area contributed by atoms with Crippen LogP contribution in [0.15, 0.2) is 34.1 Å². The van der Waals surface area contributed by atoms with E-state index < -0.39 is 0 Å². The Hall–Kier alpha value is -1.99. The molecule has 0 atom stereocenters. The smallest absolute Gasteiger partial charge is 0.268 e. The van der Waals surface area contributed by atoms with Crippen molar-refractivity contribution < 1.29 is 14.3 Å². The molecular weight excluding hydrogens is 416 g/mol. The standard InChI is InChI=1S/C19H21BrN2O3S/c1-11(2)21-19(23)16-8-17-15(9-18(20)26-17)22(16)10-12-5-13(24-3)7-14(6-12)25-4/h5-9,11H,10H2,1-4H3,(H,21,23). The highest BCUT2D eigenvalue weighted by Crippen LogP contribution is 2.33. The highest BCUT2D eigenvalue weighted by molar-refractivity contribution is 9.11. The van der Waals surface area contributed by atoms with Gasteiger partial charge >= 0.3 is 0 Å². The minimum atomic E-state index is -0.0746. The quantitative estimate of drug-likeness (QED) is 0.610. The number of hydrogen-bond donors (Lipinski definition) is 1. The zero-order chi connectivity index (χ0) is 18.8. The first-order valence-corrected chi connectivity index (χ1v) is 9.83. The van der Waals surface area contributed by atoms with Crippen molar-refractivity contribution in [1.82, 2.24) is 9.88 Å². The highest BCUT2D eigenvalue weighted by Gasteiger charge is 2.19. The van der Waals surface area contributed by atoms with Crippen LogP contribution in [0, 0.1) is 0 Å². The largest absolute Gasteiger partial charge is 0.497 e. The van der Waals surface area contributed by atoms with E-state index in [1.165, 1.54) is 0 Å². The Kier molecular flexibility index (Phi) is 5.58. The molecule has 138 valence electrons. The van der Waals surface area contributed by atoms with Gasteiger partial charge in [0.15, 0.2) is 0 Å². The Labute approximate surface area is 165 Å². The highest BCUT2D eigenvalue weighted by atomic mass is 79.9. The number of nitrogens with zero attached hydrogens (tertiary/aromatic N) is 1. The van der Waals surface area contributed by atoms with Gasteiger partial charge in [-0.05, 0) is 59.6 Å². The molecule has 2 heterocycles. The number of fused-ring (bicyclic) bond motifs is 1. The second kappa shape index (κ2) is 7.72. The summed E-state index contributed by atoms with van der Waals surface area (Å²) in [6.07, 6.45) is 0. The number of benzene rings is 1. The summed E-state index contributed by atoms with van der Waals surface area (Å²) in [5, 5.41) is 2.98. The van der Waals surface area contributed by atoms with E-state index in [9.17, 15) is 4.79 Å². The molecule has 0 fully saturated rings. The van der Waals surface area contributed by atoms with Gasteiger partial charge in [-0.2, -0.15) is 0 Å². The lowest BCUT2D eigenvalue weighted by Gasteiger charge is -2.14. The van der Waals surface area contributed by atoms with E-state index in [-0.39, 0.29) is 11.9 Å². The maximum Gasteiger partial charge on any atom is 0.268 e. The Morgan fingerprint density at radius 1 is 1.15 bits per heavy atom. The van der Waals surface area contributed by atoms with Gasteiger partial charge in [0.25, 0.3) is 5.91 Å². The van der Waals surface area contributed by atoms with E-state index >= 15 is 0 Å². The third kappa shape index (κ3) is 3.88. The number of carbonyl (C=O) groups excluding carboxylic acids is 1. The minimum Gasteiger partial charge on any atom is -0.497 e. The van der Waals surface area contributed by atoms with Crippen LogP contribution < -0.4 is 14.8 Å². The molecule has 0 aliphatic heterocycles. The van der Waals surface area contributed by atoms with E-state index in [2.05, 4.69) is 21.2 Å². The number of ether oxygens (including phenoxy) is 2. The second-order valence-electron chi connectivity index (χ2n) is 6.26. The fourth-order valence-electron chi connectivity index (χ4n) is 2.85. The zero-order valence-electron chi connectivity index (χ0n) is 15.1. The molecular formula is C19H21BrN2O3S. The van der Waals surface area contributed by atoms with Gasteiger partial charge in [0, 0.05) is 18.7 Å². The maximum atomic E-state index is 12.7. The van der Waals surface area contributed by atoms with Crippen LogP contribution in [0.1, 0.15) is 29.9 Å². The SMILES string of the molecule is COc1cc(Cn2c(C(=O)NC(C)C)cc3sc(Br)cc32)cc(OC)c1. The maximum absolute atomic E-state index is 12.7. The van der Waals surface area contributed by atoms with Crippen molar-refractivity contribution >= 4 is 43.4 Å². The predicted octanol–water partition coefficient (Wildman–Crippen LogP) is 4.67. The number of methoxy groups -OCH3 is 2. The lowest BCUT2D eigenvalue weighted by Crippen LogP contribution is -2.31. The molecule has 1 aromatic carbocycles. The first kappa shape index (κ1) is 18.8. The molecule has 1 amide bonds. The number of aromatic nitrogens is 1. The molecule has 0 aliphatic rings. The number of carbonyl (C=O) groups is 1. The number of amides is 1. The summed E-state index contributed by atoms with van der Waals surface area (Å²) in [7, 11) is 3.26. The molecule has 5 nitrogen and oxygen atoms in total. The van der Waals surface area contributed by atoms with Crippen LogP contribution in [0.2, 0.25) is 0 Å². The van der Waals surface area contributed by atoms with Crippen LogP contribution in [0.4, 0.5) is 0 Å². The van der Waals surface area contributed by atoms with Gasteiger partial charge < -0.3 is 19.4 Å². The molecule has 0 saturated heterocycles. The van der Waals surface area contributed by atoms with Gasteiger partial charge in [-0.3, -0.25) is 4.79 Å². The molecule has 0 saturated carbocycles. The Morgan fingerprint density at radius 3 is 2.38 bits per heavy atom. The van der Waals surface area contributed by atoms with Crippen LogP contribution in [0.3, 0.4) is 0 Å². The number of halogens is 1. The van der Waals surface area contributed by atoms with Crippen molar-refractivity contribution in [3.63, 3.8) is 0 Å². The normalized spacial score (nSPS) is 11.2. The molecule has 7 heteroatoms. The molecule has 0 unspecified atom stereocenters. The molecule has 3 rings (SSSR count). The first-order valence-electron chi connectivity index (χ1n) is 8.22. The van der Waals surface area contributed by atoms with E-state index in [1.807, 2.05) is 48.7 Å². The van der Waals surface area contributed by atoms with Crippen LogP contribution in [0.25, 0.3) is 10.2 Å². The van der Waals surface area contributed by atoms with Crippen molar-refractivity contribution in [2.75, 3.05) is 14.2 Å². The summed E-state index contributed by atoms with van der Waals surface area (Å²) >= 11 is 5.15. The molecule has 0 aliphatic carbocycles. The lowest BCUT2D eigenvalue weighted by molar-refractivity contribution is 0.0934. The zero-order valence-corrected chi connectivity index (χ0v) is 17.5. The van der Waals surface area contributed by atoms with E-state index in [0.717, 1.165) is 31.1 Å². The molecule has 1 N–H and O–H groups in total. The van der Waals surface area contributed by atoms with Gasteiger partial charge in [-0.15, -0.1) is 11.3 Å². The van der Waals surface area contributed by atoms with E-state index in [4.69, 9.17) is 9.47 Å². The molecule has 0 spiro atoms. The van der Waals surface area contributed by atoms with Crippen molar-refractivity contribution in [3.8, 4) is 11.5 Å². The van der Waals surface area contributed by atoms with Crippen molar-refractivity contribution in [2.24, 2.45) is 0 Å². The van der Waals surface area contributed by atoms with Gasteiger partial charge in [0.05, 0.1) is 28.2 Å². The summed E-state index contributed by atoms with van der Waals surface area (Å²) in [4.78, 5) is 12.7. The van der Waals surface area contributed by atoms with Crippen LogP contribution in [0.5, 0.6) is 11.5 Å². The summed E-state index contributed by atoms with van der Waals surface area (Å²) in [5.41, 5.74) is 2.67. The molecule has 26 heavy (non-hydrogen) atoms. The molecule has 0 bridgehead atoms. The Balaban J connectivity index is 2.06. The monoisotopic (exact) mass is 436 g/mol. The third-order valence-electron chi connectivity index (χ3n) is 3.96. The fourth-order valence-corrected chi connectivity index (χ4v) is 4.41. The summed E-state index contributed by atoms with van der Waals surface area (Å²) in [6, 6.07) is 9.82. The van der Waals surface area contributed by atoms with Gasteiger partial charge in [-0.25, -0.2) is 0 Å². The number of thiophene rings is 1. The molecule has 0 radical (unpaired) electrons. The first-order chi connectivity index (χ1) is 12.4. The number of hydrogen-bond acceptors (Lipinski definition) is 4. The van der Waals surface area contributed by atoms with Crippen LogP contribution in [-0.4, -0.2) is 30.7 Å². The fraction of sp³-hybridized carbons (Fsp3) is 0.316. The topological polar surface area (TPSA) is 52.5 Å². The lowest BCUT2D eigenvalue weighted by atomic mass is 10.2. The van der Waals surface area contributed by atoms with Crippen molar-refractivity contribution in [3.05, 3.63) is 45.4 Å². The van der Waals surface area contributed by atoms with Crippen molar-refractivity contribution in [1.29, 1.82) is 0 Å². The van der Waals surface area contributed by atoms with E-state index in [0.29, 0.717) is 12.2 Å². The van der Waals surface area contributed by atoms with E-state index in [1.54, 1.807) is 25.6 Å². The predicted molar refractivity (Wildman–Crippen MR) is 109 cm³/mol. The third-order valence-corrected chi connectivity index (χ3v) is 5.54. The molecule has 3 aromatic rings. The summed E-state index contributed by atoms with van der Waals surface area (Å²) in [6.45, 7) is 4.45. The number of nitrogens with one attached hydrogen (secondary N) is 1. The van der Waals surface area contributed by atoms with Gasteiger partial charge in [0.2, 0.25) is 0 Å². The summed E-state index contributed by atoms with van der Waals surface area (Å²) < 4.78 is 14.9. The van der Waals surface area contributed by atoms with Crippen LogP contribution >= 0.6 is 27.3 Å². The average molecular weight is 437 g/mol. The average Bonchev–Trinajstić information content (AvgIpc) is 3.11. The van der Waals surface area contributed by atoms with Gasteiger partial charge in [-0.1, -0.05) is 0 Å². The Morgan fingerprint density at radius 2 is 1.81 bits per heavy atom. The number of rotatable bonds is 6. The Bertz CT molecular complexity index is 924. The van der Waals surface area contributed by atoms with Gasteiger partial charge in [0.1, 0.15) is 17.2 Å². The summed E-state index contributed by atoms with van der Waals surface area (Å²) in [5.74, 6) is 1.37. The molecule has 2 aromatic heterocycles. The van der Waals surface area contributed by atoms with Crippen molar-refractivity contribution in [2.45, 2.75) is 26.4 Å². The minimum absolute atomic E-state index is 0.0746.